The maximum Gasteiger partial charge on any atom is 0.417 e. The van der Waals surface area contributed by atoms with Crippen LogP contribution in [0.1, 0.15) is 74.5 Å². The number of aliphatic hydroxyl groups is 2. The summed E-state index contributed by atoms with van der Waals surface area (Å²) in [4.78, 5) is 47.5. The summed E-state index contributed by atoms with van der Waals surface area (Å²) in [5.41, 5.74) is 3.87. The van der Waals surface area contributed by atoms with E-state index in [0.717, 1.165) is 27.5 Å². The molecule has 390 valence electrons. The van der Waals surface area contributed by atoms with Gasteiger partial charge in [0.05, 0.1) is 56.2 Å². The van der Waals surface area contributed by atoms with Gasteiger partial charge in [-0.25, -0.2) is 9.59 Å². The number of ether oxygens (including phenoxy) is 6. The Balaban J connectivity index is 1.31. The number of unbranched alkanes of at least 4 members (excludes halogenated alkanes) is 2. The minimum atomic E-state index is -1.62. The van der Waals surface area contributed by atoms with Crippen LogP contribution >= 0.6 is 0 Å². The number of amides is 2. The number of methoxy groups -OCH3 is 2. The van der Waals surface area contributed by atoms with Gasteiger partial charge in [0.25, 0.3) is 5.69 Å². The second-order valence-corrected chi connectivity index (χ2v) is 18.5. The molecule has 1 fully saturated rings. The van der Waals surface area contributed by atoms with E-state index in [9.17, 15) is 29.9 Å². The van der Waals surface area contributed by atoms with Crippen molar-refractivity contribution in [2.75, 3.05) is 46.0 Å². The summed E-state index contributed by atoms with van der Waals surface area (Å²) >= 11 is 0. The number of fused-ring (bicyclic) bond motifs is 3. The number of nitro benzene ring substituents is 1. The van der Waals surface area contributed by atoms with Crippen molar-refractivity contribution in [2.24, 2.45) is 22.9 Å². The van der Waals surface area contributed by atoms with Crippen LogP contribution in [0.2, 0.25) is 0 Å². The summed E-state index contributed by atoms with van der Waals surface area (Å²) in [5, 5.41) is 41.2. The Morgan fingerprint density at radius 2 is 1.69 bits per heavy atom. The van der Waals surface area contributed by atoms with Crippen molar-refractivity contribution in [3.8, 4) is 23.0 Å². The molecule has 2 aliphatic carbocycles. The summed E-state index contributed by atoms with van der Waals surface area (Å²) < 4.78 is 37.4. The lowest BCUT2D eigenvalue weighted by atomic mass is 9.55. The van der Waals surface area contributed by atoms with Gasteiger partial charge in [-0.3, -0.25) is 20.3 Å². The Labute approximate surface area is 430 Å². The van der Waals surface area contributed by atoms with Crippen LogP contribution < -0.4 is 24.3 Å². The Hall–Kier alpha value is -7.47. The second kappa shape index (κ2) is 24.5. The van der Waals surface area contributed by atoms with Crippen molar-refractivity contribution in [3.63, 3.8) is 0 Å². The zero-order chi connectivity index (χ0) is 52.2. The normalized spacial score (nSPS) is 21.0. The molecule has 1 aliphatic heterocycles. The molecule has 6 atom stereocenters. The summed E-state index contributed by atoms with van der Waals surface area (Å²) in [5.74, 6) is -1.39. The van der Waals surface area contributed by atoms with Gasteiger partial charge >= 0.3 is 12.2 Å². The molecule has 2 amide bonds. The third-order valence-corrected chi connectivity index (χ3v) is 14.2. The average Bonchev–Trinajstić information content (AvgIpc) is 3.41. The highest BCUT2D eigenvalue weighted by atomic mass is 16.7. The Bertz CT molecular complexity index is 2850. The van der Waals surface area contributed by atoms with Crippen LogP contribution in [0.15, 0.2) is 133 Å². The highest BCUT2D eigenvalue weighted by Gasteiger charge is 2.66. The van der Waals surface area contributed by atoms with Gasteiger partial charge in [0.2, 0.25) is 5.79 Å². The minimum absolute atomic E-state index is 0.00287. The lowest BCUT2D eigenvalue weighted by molar-refractivity contribution is -0.384. The molecule has 8 rings (SSSR count). The van der Waals surface area contributed by atoms with E-state index in [1.165, 1.54) is 26.4 Å². The van der Waals surface area contributed by atoms with Gasteiger partial charge in [-0.1, -0.05) is 72.6 Å². The lowest BCUT2D eigenvalue weighted by Crippen LogP contribution is -2.70. The van der Waals surface area contributed by atoms with E-state index in [1.807, 2.05) is 48.5 Å². The standard InChI is InChI=1S/C57H64N4O13/c1-5-30-71-57-52(60(56(65)70-6-2)35-40-17-13-16-38-14-7-8-18-44(38)40)34-49(59-72-36-37-20-22-41(23-21-37)61(66)67)46-31-39(15-9-11-28-62)45(19-10-12-29-63)53(54(46)57)47-32-43(25-27-50(47)74-57)73-55(64)58-48-26-24-42(68-3)33-51(48)69-4/h5,7-8,13-14,16-18,20-27,31-33,39,45,52-54,62-63H,1,6,9-12,15,19,28-30,34-36H2,2-4H3,(H,58,64). The number of carbonyl (C=O) groups excluding carboxylic acids is 2. The number of allylic oxidation sites excluding steroid dienone is 1. The lowest BCUT2D eigenvalue weighted by Gasteiger charge is -2.59. The zero-order valence-electron chi connectivity index (χ0n) is 42.0. The van der Waals surface area contributed by atoms with Crippen LogP contribution in [0.3, 0.4) is 0 Å². The molecule has 1 saturated carbocycles. The number of hydrogen-bond donors (Lipinski definition) is 3. The first-order valence-corrected chi connectivity index (χ1v) is 25.1. The van der Waals surface area contributed by atoms with Crippen molar-refractivity contribution in [1.82, 2.24) is 4.90 Å². The Morgan fingerprint density at radius 3 is 2.42 bits per heavy atom. The van der Waals surface area contributed by atoms with E-state index in [-0.39, 0.29) is 69.3 Å². The summed E-state index contributed by atoms with van der Waals surface area (Å²) in [6.45, 7) is 6.02. The number of hydrogen-bond acceptors (Lipinski definition) is 14. The van der Waals surface area contributed by atoms with E-state index >= 15 is 0 Å². The number of nitrogens with zero attached hydrogens (tertiary/aromatic N) is 3. The number of aliphatic hydroxyl groups excluding tert-OH is 2. The molecule has 0 bridgehead atoms. The molecule has 74 heavy (non-hydrogen) atoms. The molecule has 3 N–H and O–H groups in total. The van der Waals surface area contributed by atoms with Crippen LogP contribution in [-0.2, 0) is 27.5 Å². The molecule has 5 aromatic carbocycles. The molecule has 17 heteroatoms. The minimum Gasteiger partial charge on any atom is -0.497 e. The molecule has 5 aromatic rings. The van der Waals surface area contributed by atoms with Crippen LogP contribution in [-0.4, -0.2) is 90.4 Å². The molecule has 0 spiro atoms. The Kier molecular flexibility index (Phi) is 17.5. The van der Waals surface area contributed by atoms with Crippen molar-refractivity contribution in [3.05, 3.63) is 154 Å². The van der Waals surface area contributed by atoms with E-state index in [1.54, 1.807) is 60.4 Å². The smallest absolute Gasteiger partial charge is 0.417 e. The molecule has 6 unspecified atom stereocenters. The first-order valence-electron chi connectivity index (χ1n) is 25.1. The van der Waals surface area contributed by atoms with Crippen LogP contribution in [0, 0.1) is 27.9 Å². The Morgan fingerprint density at radius 1 is 0.932 bits per heavy atom. The third-order valence-electron chi connectivity index (χ3n) is 14.2. The van der Waals surface area contributed by atoms with Gasteiger partial charge in [-0.2, -0.15) is 0 Å². The number of anilines is 1. The van der Waals surface area contributed by atoms with Gasteiger partial charge in [-0.05, 0) is 114 Å². The van der Waals surface area contributed by atoms with Crippen molar-refractivity contribution >= 4 is 40.0 Å². The molecule has 0 aromatic heterocycles. The molecular weight excluding hydrogens is 949 g/mol. The highest BCUT2D eigenvalue weighted by Crippen LogP contribution is 2.62. The summed E-state index contributed by atoms with van der Waals surface area (Å²) in [6, 6.07) is 29.3. The number of nitro groups is 1. The molecule has 3 aliphatic rings. The monoisotopic (exact) mass is 1010 g/mol. The molecule has 1 heterocycles. The first-order chi connectivity index (χ1) is 36.1. The van der Waals surface area contributed by atoms with E-state index in [4.69, 9.17) is 38.4 Å². The van der Waals surface area contributed by atoms with E-state index < -0.39 is 40.8 Å². The quantitative estimate of drug-likeness (QED) is 0.0241. The number of non-ortho nitro benzene ring substituents is 1. The fraction of sp³-hybridized carbons (Fsp3) is 0.386. The maximum absolute atomic E-state index is 14.9. The number of carbonyl (C=O) groups is 2. The second-order valence-electron chi connectivity index (χ2n) is 18.5. The van der Waals surface area contributed by atoms with Gasteiger partial charge in [0.1, 0.15) is 35.6 Å². The number of benzene rings is 5. The first kappa shape index (κ1) is 52.8. The predicted octanol–water partition coefficient (Wildman–Crippen LogP) is 10.9. The molecule has 0 saturated heterocycles. The largest absolute Gasteiger partial charge is 0.497 e. The number of nitrogens with one attached hydrogen (secondary N) is 1. The predicted molar refractivity (Wildman–Crippen MR) is 279 cm³/mol. The molecular formula is C57H64N4O13. The van der Waals surface area contributed by atoms with E-state index in [0.29, 0.717) is 72.7 Å². The van der Waals surface area contributed by atoms with Crippen molar-refractivity contribution in [1.29, 1.82) is 0 Å². The maximum atomic E-state index is 14.9. The van der Waals surface area contributed by atoms with Gasteiger partial charge in [-0.15, -0.1) is 6.58 Å². The van der Waals surface area contributed by atoms with Crippen LogP contribution in [0.4, 0.5) is 21.0 Å². The average molecular weight is 1010 g/mol. The van der Waals surface area contributed by atoms with Gasteiger partial charge in [0, 0.05) is 49.3 Å². The summed E-state index contributed by atoms with van der Waals surface area (Å²) in [7, 11) is 3.02. The number of rotatable bonds is 23. The zero-order valence-corrected chi connectivity index (χ0v) is 42.0. The SMILES string of the molecule is C=CCOC12Oc3ccc(OC(=O)Nc4ccc(OC)cc4OC)cc3C3C(CCCCO)C(CCCCO)C=C(C(=NOCc4ccc([N+](=O)[O-])cc4)CC1N(Cc1cccc4ccccc14)C(=O)OCC)C32. The third kappa shape index (κ3) is 11.5. The van der Waals surface area contributed by atoms with Crippen LogP contribution in [0.25, 0.3) is 10.8 Å². The van der Waals surface area contributed by atoms with Crippen LogP contribution in [0.5, 0.6) is 23.0 Å². The van der Waals surface area contributed by atoms with Gasteiger partial charge < -0.3 is 43.5 Å². The van der Waals surface area contributed by atoms with Crippen molar-refractivity contribution < 1.29 is 58.0 Å². The van der Waals surface area contributed by atoms with Gasteiger partial charge in [0.15, 0.2) is 0 Å². The molecule has 0 radical (unpaired) electrons. The van der Waals surface area contributed by atoms with Crippen molar-refractivity contribution in [2.45, 2.75) is 82.8 Å². The topological polar surface area (TPSA) is 210 Å². The number of oxime groups is 1. The fourth-order valence-corrected chi connectivity index (χ4v) is 10.9. The highest BCUT2D eigenvalue weighted by molar-refractivity contribution is 6.03. The summed E-state index contributed by atoms with van der Waals surface area (Å²) in [6.07, 6.45) is 6.49. The van der Waals surface area contributed by atoms with E-state index in [2.05, 4.69) is 18.0 Å². The molecule has 17 nitrogen and oxygen atoms in total. The fourth-order valence-electron chi connectivity index (χ4n) is 10.9.